The van der Waals surface area contributed by atoms with Crippen LogP contribution < -0.4 is 5.32 Å². The van der Waals surface area contributed by atoms with E-state index in [-0.39, 0.29) is 23.3 Å². The Morgan fingerprint density at radius 1 is 1.29 bits per heavy atom. The van der Waals surface area contributed by atoms with Gasteiger partial charge in [-0.3, -0.25) is 9.69 Å². The maximum absolute atomic E-state index is 12.4. The van der Waals surface area contributed by atoms with Gasteiger partial charge < -0.3 is 14.8 Å². The first kappa shape index (κ1) is 16.9. The van der Waals surface area contributed by atoms with E-state index in [2.05, 4.69) is 10.2 Å². The lowest BCUT2D eigenvalue weighted by Gasteiger charge is -2.33. The van der Waals surface area contributed by atoms with E-state index in [9.17, 15) is 9.90 Å². The van der Waals surface area contributed by atoms with Crippen LogP contribution >= 0.6 is 11.6 Å². The number of carbonyl (C=O) groups is 1. The third-order valence-corrected chi connectivity index (χ3v) is 4.60. The Kier molecular flexibility index (Phi) is 5.43. The molecule has 1 aromatic carbocycles. The molecule has 0 aliphatic carbocycles. The summed E-state index contributed by atoms with van der Waals surface area (Å²) in [5, 5.41) is 13.2. The van der Waals surface area contributed by atoms with Gasteiger partial charge in [0, 0.05) is 11.6 Å². The summed E-state index contributed by atoms with van der Waals surface area (Å²) in [5.41, 5.74) is 0.180. The number of nitrogens with one attached hydrogen (secondary N) is 1. The van der Waals surface area contributed by atoms with Crippen molar-refractivity contribution in [1.82, 2.24) is 10.2 Å². The van der Waals surface area contributed by atoms with Crippen molar-refractivity contribution in [1.29, 1.82) is 0 Å². The second-order valence-electron chi connectivity index (χ2n) is 6.00. The van der Waals surface area contributed by atoms with E-state index < -0.39 is 0 Å². The van der Waals surface area contributed by atoms with Crippen LogP contribution in [0.3, 0.4) is 0 Å². The second-order valence-corrected chi connectivity index (χ2v) is 6.44. The lowest BCUT2D eigenvalue weighted by atomic mass is 10.1. The zero-order chi connectivity index (χ0) is 16.9. The van der Waals surface area contributed by atoms with Crippen LogP contribution in [0.25, 0.3) is 0 Å². The summed E-state index contributed by atoms with van der Waals surface area (Å²) in [6.45, 7) is 2.39. The van der Waals surface area contributed by atoms with Gasteiger partial charge in [-0.05, 0) is 56.3 Å². The normalized spacial score (nSPS) is 16.7. The zero-order valence-electron chi connectivity index (χ0n) is 13.4. The van der Waals surface area contributed by atoms with Crippen molar-refractivity contribution < 1.29 is 14.3 Å². The quantitative estimate of drug-likeness (QED) is 0.866. The summed E-state index contributed by atoms with van der Waals surface area (Å²) in [6, 6.07) is 8.22. The predicted molar refractivity (Wildman–Crippen MR) is 92.3 cm³/mol. The first-order valence-corrected chi connectivity index (χ1v) is 8.57. The molecule has 1 atom stereocenters. The first-order chi connectivity index (χ1) is 11.6. The Labute approximate surface area is 146 Å². The van der Waals surface area contributed by atoms with Crippen LogP contribution in [0.4, 0.5) is 0 Å². The van der Waals surface area contributed by atoms with Crippen LogP contribution in [0.5, 0.6) is 5.75 Å². The highest BCUT2D eigenvalue weighted by atomic mass is 35.5. The average molecular weight is 349 g/mol. The van der Waals surface area contributed by atoms with Crippen LogP contribution in [-0.2, 0) is 0 Å². The van der Waals surface area contributed by atoms with Crippen molar-refractivity contribution in [2.24, 2.45) is 0 Å². The van der Waals surface area contributed by atoms with Crippen LogP contribution in [0.15, 0.2) is 41.0 Å². The van der Waals surface area contributed by atoms with E-state index >= 15 is 0 Å². The van der Waals surface area contributed by atoms with Crippen LogP contribution in [0, 0.1) is 0 Å². The van der Waals surface area contributed by atoms with Crippen molar-refractivity contribution in [2.75, 3.05) is 19.6 Å². The summed E-state index contributed by atoms with van der Waals surface area (Å²) in [6.07, 6.45) is 5.20. The SMILES string of the molecule is O=C(NCC(c1ccco1)N1CCCCC1)c1cc(Cl)ccc1O. The van der Waals surface area contributed by atoms with Gasteiger partial charge in [-0.2, -0.15) is 0 Å². The maximum Gasteiger partial charge on any atom is 0.255 e. The van der Waals surface area contributed by atoms with Gasteiger partial charge in [-0.1, -0.05) is 18.0 Å². The number of halogens is 1. The topological polar surface area (TPSA) is 65.7 Å². The van der Waals surface area contributed by atoms with Gasteiger partial charge in [-0.25, -0.2) is 0 Å². The largest absolute Gasteiger partial charge is 0.507 e. The fourth-order valence-corrected chi connectivity index (χ4v) is 3.27. The summed E-state index contributed by atoms with van der Waals surface area (Å²) in [5.74, 6) is 0.417. The zero-order valence-corrected chi connectivity index (χ0v) is 14.1. The fourth-order valence-electron chi connectivity index (χ4n) is 3.10. The number of likely N-dealkylation sites (tertiary alicyclic amines) is 1. The number of hydrogen-bond donors (Lipinski definition) is 2. The lowest BCUT2D eigenvalue weighted by molar-refractivity contribution is 0.0911. The Morgan fingerprint density at radius 3 is 2.79 bits per heavy atom. The minimum Gasteiger partial charge on any atom is -0.507 e. The summed E-state index contributed by atoms with van der Waals surface area (Å²) >= 11 is 5.91. The number of amides is 1. The Morgan fingerprint density at radius 2 is 2.08 bits per heavy atom. The van der Waals surface area contributed by atoms with E-state index in [1.165, 1.54) is 18.6 Å². The molecule has 1 saturated heterocycles. The highest BCUT2D eigenvalue weighted by molar-refractivity contribution is 6.31. The molecule has 2 N–H and O–H groups in total. The van der Waals surface area contributed by atoms with Crippen LogP contribution in [0.2, 0.25) is 5.02 Å². The highest BCUT2D eigenvalue weighted by Crippen LogP contribution is 2.25. The molecule has 1 aliphatic heterocycles. The lowest BCUT2D eigenvalue weighted by Crippen LogP contribution is -2.40. The Balaban J connectivity index is 1.71. The van der Waals surface area contributed by atoms with Gasteiger partial charge in [0.15, 0.2) is 0 Å². The minimum atomic E-state index is -0.344. The standard InChI is InChI=1S/C18H21ClN2O3/c19-13-6-7-16(22)14(11-13)18(23)20-12-15(17-5-4-10-24-17)21-8-2-1-3-9-21/h4-7,10-11,15,22H,1-3,8-9,12H2,(H,20,23). The molecule has 0 spiro atoms. The number of phenols is 1. The highest BCUT2D eigenvalue weighted by Gasteiger charge is 2.25. The molecule has 1 amide bonds. The molecule has 1 aromatic heterocycles. The molecular formula is C18H21ClN2O3. The molecule has 6 heteroatoms. The van der Waals surface area contributed by atoms with Crippen molar-refractivity contribution in [3.05, 3.63) is 52.9 Å². The molecule has 1 aliphatic rings. The van der Waals surface area contributed by atoms with Crippen LogP contribution in [0.1, 0.15) is 41.4 Å². The molecule has 0 saturated carbocycles. The monoisotopic (exact) mass is 348 g/mol. The molecule has 2 aromatic rings. The number of aromatic hydroxyl groups is 1. The predicted octanol–water partition coefficient (Wildman–Crippen LogP) is 3.60. The molecule has 1 fully saturated rings. The average Bonchev–Trinajstić information content (AvgIpc) is 3.12. The number of nitrogens with zero attached hydrogens (tertiary/aromatic N) is 1. The van der Waals surface area contributed by atoms with Crippen molar-refractivity contribution >= 4 is 17.5 Å². The van der Waals surface area contributed by atoms with Crippen LogP contribution in [-0.4, -0.2) is 35.5 Å². The molecule has 5 nitrogen and oxygen atoms in total. The number of hydrogen-bond acceptors (Lipinski definition) is 4. The smallest absolute Gasteiger partial charge is 0.255 e. The summed E-state index contributed by atoms with van der Waals surface area (Å²) < 4.78 is 5.57. The molecule has 2 heterocycles. The minimum absolute atomic E-state index is 0.00872. The number of furan rings is 1. The van der Waals surface area contributed by atoms with E-state index in [0.717, 1.165) is 31.7 Å². The number of benzene rings is 1. The second kappa shape index (κ2) is 7.73. The van der Waals surface area contributed by atoms with Gasteiger partial charge in [-0.15, -0.1) is 0 Å². The molecule has 0 radical (unpaired) electrons. The van der Waals surface area contributed by atoms with Gasteiger partial charge in [0.05, 0.1) is 17.9 Å². The number of piperidine rings is 1. The van der Waals surface area contributed by atoms with Gasteiger partial charge in [0.2, 0.25) is 0 Å². The molecule has 3 rings (SSSR count). The Hall–Kier alpha value is -1.98. The summed E-state index contributed by atoms with van der Waals surface area (Å²) in [7, 11) is 0. The maximum atomic E-state index is 12.4. The molecule has 128 valence electrons. The third kappa shape index (κ3) is 3.91. The molecule has 0 bridgehead atoms. The molecular weight excluding hydrogens is 328 g/mol. The third-order valence-electron chi connectivity index (χ3n) is 4.36. The van der Waals surface area contributed by atoms with E-state index in [0.29, 0.717) is 11.6 Å². The molecule has 1 unspecified atom stereocenters. The number of phenolic OH excluding ortho intramolecular Hbond substituents is 1. The fraction of sp³-hybridized carbons (Fsp3) is 0.389. The van der Waals surface area contributed by atoms with Gasteiger partial charge in [0.25, 0.3) is 5.91 Å². The Bertz CT molecular complexity index is 682. The van der Waals surface area contributed by atoms with E-state index in [4.69, 9.17) is 16.0 Å². The summed E-state index contributed by atoms with van der Waals surface area (Å²) in [4.78, 5) is 14.7. The van der Waals surface area contributed by atoms with E-state index in [1.54, 1.807) is 12.3 Å². The number of rotatable bonds is 5. The van der Waals surface area contributed by atoms with Crippen molar-refractivity contribution in [2.45, 2.75) is 25.3 Å². The first-order valence-electron chi connectivity index (χ1n) is 8.19. The van der Waals surface area contributed by atoms with Crippen molar-refractivity contribution in [3.8, 4) is 5.75 Å². The van der Waals surface area contributed by atoms with Crippen molar-refractivity contribution in [3.63, 3.8) is 0 Å². The van der Waals surface area contributed by atoms with Gasteiger partial charge in [0.1, 0.15) is 11.5 Å². The molecule has 24 heavy (non-hydrogen) atoms. The van der Waals surface area contributed by atoms with E-state index in [1.807, 2.05) is 12.1 Å². The number of carbonyl (C=O) groups excluding carboxylic acids is 1. The van der Waals surface area contributed by atoms with Gasteiger partial charge >= 0.3 is 0 Å².